The van der Waals surface area contributed by atoms with Crippen LogP contribution in [0, 0.1) is 94.4 Å². The van der Waals surface area contributed by atoms with Crippen LogP contribution < -0.4 is 9.80 Å². The Kier molecular flexibility index (Phi) is 15.3. The lowest BCUT2D eigenvalue weighted by Gasteiger charge is -2.56. The van der Waals surface area contributed by atoms with Gasteiger partial charge >= 0.3 is 0 Å². The Morgan fingerprint density at radius 3 is 1.39 bits per heavy atom. The SMILES string of the molecule is Cc1cc(C)c(C)c(C2C(C)N3CC2(C)c2ccccc23)c1.Cc1cc(C)c(C)c(C2C(C)N3CCC2(C)CC3)c1.Cc1cc(C)c(C)c(C2C3CCN(CC3)C2C)c1.Cc1cc(C)c(C)c(C2C3CN(c4ccccc43)C2C)c1. The zero-order valence-corrected chi connectivity index (χ0v) is 52.9. The summed E-state index contributed by atoms with van der Waals surface area (Å²) in [4.78, 5) is 10.6. The van der Waals surface area contributed by atoms with E-state index in [1.807, 2.05) is 0 Å². The largest absolute Gasteiger partial charge is 0.367 e. The van der Waals surface area contributed by atoms with Crippen LogP contribution in [0.2, 0.25) is 0 Å². The zero-order chi connectivity index (χ0) is 57.0. The molecular formula is C76H100N4. The molecule has 10 unspecified atom stereocenters. The highest BCUT2D eigenvalue weighted by Crippen LogP contribution is 2.59. The maximum Gasteiger partial charge on any atom is 0.0408 e. The summed E-state index contributed by atoms with van der Waals surface area (Å²) < 4.78 is 0. The van der Waals surface area contributed by atoms with E-state index in [1.165, 1.54) is 142 Å². The summed E-state index contributed by atoms with van der Waals surface area (Å²) in [6, 6.07) is 39.6. The average Bonchev–Trinajstić information content (AvgIpc) is 2.57. The molecule has 0 aliphatic carbocycles. The van der Waals surface area contributed by atoms with E-state index >= 15 is 0 Å². The molecule has 80 heavy (non-hydrogen) atoms. The van der Waals surface area contributed by atoms with Gasteiger partial charge in [-0.15, -0.1) is 0 Å². The topological polar surface area (TPSA) is 13.0 Å². The first-order chi connectivity index (χ1) is 38.0. The maximum absolute atomic E-state index is 2.70. The van der Waals surface area contributed by atoms with Crippen molar-refractivity contribution in [3.8, 4) is 0 Å². The quantitative estimate of drug-likeness (QED) is 0.174. The number of aryl methyl sites for hydroxylation is 8. The van der Waals surface area contributed by atoms with Crippen molar-refractivity contribution >= 4 is 11.4 Å². The van der Waals surface area contributed by atoms with Gasteiger partial charge in [0.25, 0.3) is 0 Å². The molecule has 0 aromatic heterocycles. The molecule has 0 amide bonds. The average molecular weight is 1070 g/mol. The van der Waals surface area contributed by atoms with Crippen LogP contribution in [0.3, 0.4) is 0 Å². The lowest BCUT2D eigenvalue weighted by atomic mass is 9.60. The van der Waals surface area contributed by atoms with Gasteiger partial charge in [0.1, 0.15) is 0 Å². The van der Waals surface area contributed by atoms with Gasteiger partial charge < -0.3 is 14.7 Å². The highest BCUT2D eigenvalue weighted by Gasteiger charge is 2.56. The standard InChI is InChI=1S/C21H25N.C20H23N.C18H27N.C17H25N/c1-13-10-14(2)15(3)17(11-13)20-16(4)22-12-21(20,5)18-8-6-7-9-19(18)22;1-12-9-13(2)14(3)17(10-12)20-15(4)21-11-18(20)16-7-5-6-8-19(16)21;1-12-10-13(2)14(3)16(11-12)17-15(4)19-8-6-18(17,5)7-9-19;1-11-9-12(2)13(3)16(10-11)17-14(4)18-7-5-15(17)6-8-18/h6-11,16,20H,12H2,1-5H3;5-10,15,18,20H,11H2,1-4H3;10-11,15,17H,6-9H2,1-5H3;9-10,14-15,17H,5-8H2,1-4H3. The first-order valence-electron chi connectivity index (χ1n) is 31.5. The van der Waals surface area contributed by atoms with Gasteiger partial charge in [0.15, 0.2) is 0 Å². The number of benzene rings is 6. The van der Waals surface area contributed by atoms with Crippen molar-refractivity contribution in [2.75, 3.05) is 49.1 Å². The Balaban J connectivity index is 0.000000113. The van der Waals surface area contributed by atoms with Gasteiger partial charge in [-0.3, -0.25) is 4.90 Å². The molecule has 4 nitrogen and oxygen atoms in total. The Morgan fingerprint density at radius 1 is 0.412 bits per heavy atom. The third-order valence-electron chi connectivity index (χ3n) is 23.2. The van der Waals surface area contributed by atoms with Crippen molar-refractivity contribution < 1.29 is 0 Å². The molecule has 6 aromatic carbocycles. The Morgan fingerprint density at radius 2 is 0.863 bits per heavy atom. The van der Waals surface area contributed by atoms with Gasteiger partial charge in [-0.05, 0) is 264 Å². The van der Waals surface area contributed by atoms with Crippen LogP contribution in [0.1, 0.15) is 197 Å². The Hall–Kier alpha value is -5.16. The second-order valence-corrected chi connectivity index (χ2v) is 28.1. The molecule has 0 N–H and O–H groups in total. The van der Waals surface area contributed by atoms with Crippen molar-refractivity contribution in [1.29, 1.82) is 0 Å². The molecule has 8 saturated heterocycles. The fraction of sp³-hybridized carbons (Fsp3) is 0.526. The third kappa shape index (κ3) is 9.60. The van der Waals surface area contributed by atoms with Crippen LogP contribution in [-0.4, -0.2) is 73.2 Å². The number of anilines is 2. The molecule has 10 heterocycles. The number of piperidine rings is 6. The van der Waals surface area contributed by atoms with Gasteiger partial charge in [-0.1, -0.05) is 121 Å². The normalized spacial score (nSPS) is 31.7. The lowest BCUT2D eigenvalue weighted by Crippen LogP contribution is -2.57. The summed E-state index contributed by atoms with van der Waals surface area (Å²) in [7, 11) is 0. The van der Waals surface area contributed by atoms with Gasteiger partial charge in [0.05, 0.1) is 0 Å². The maximum atomic E-state index is 2.70. The van der Waals surface area contributed by atoms with Crippen LogP contribution in [0.4, 0.5) is 11.4 Å². The molecule has 10 atom stereocenters. The summed E-state index contributed by atoms with van der Waals surface area (Å²) in [5.41, 5.74) is 30.6. The Bertz CT molecular complexity index is 3290. The highest BCUT2D eigenvalue weighted by molar-refractivity contribution is 5.70. The van der Waals surface area contributed by atoms with E-state index in [9.17, 15) is 0 Å². The van der Waals surface area contributed by atoms with E-state index in [4.69, 9.17) is 0 Å². The molecular weight excluding hydrogens is 969 g/mol. The minimum absolute atomic E-state index is 0.237. The molecule has 0 spiro atoms. The molecule has 8 fully saturated rings. The summed E-state index contributed by atoms with van der Waals surface area (Å²) in [5, 5.41) is 0. The minimum atomic E-state index is 0.237. The van der Waals surface area contributed by atoms with E-state index in [0.717, 1.165) is 24.4 Å². The summed E-state index contributed by atoms with van der Waals surface area (Å²) in [5.74, 6) is 4.29. The van der Waals surface area contributed by atoms with Crippen LogP contribution in [0.15, 0.2) is 97.1 Å². The monoisotopic (exact) mass is 1070 g/mol. The van der Waals surface area contributed by atoms with Crippen LogP contribution >= 0.6 is 0 Å². The first-order valence-corrected chi connectivity index (χ1v) is 31.5. The van der Waals surface area contributed by atoms with E-state index in [1.54, 1.807) is 27.8 Å². The smallest absolute Gasteiger partial charge is 0.0408 e. The number of hydrogen-bond acceptors (Lipinski definition) is 4. The van der Waals surface area contributed by atoms with Crippen LogP contribution in [0.25, 0.3) is 0 Å². The van der Waals surface area contributed by atoms with E-state index in [0.29, 0.717) is 47.2 Å². The third-order valence-corrected chi connectivity index (χ3v) is 23.2. The summed E-state index contributed by atoms with van der Waals surface area (Å²) in [6.07, 6.45) is 5.55. The molecule has 0 radical (unpaired) electrons. The van der Waals surface area contributed by atoms with Crippen molar-refractivity contribution in [3.63, 3.8) is 0 Å². The van der Waals surface area contributed by atoms with Gasteiger partial charge in [-0.25, -0.2) is 0 Å². The lowest BCUT2D eigenvalue weighted by molar-refractivity contribution is -0.0270. The Labute approximate surface area is 485 Å². The summed E-state index contributed by atoms with van der Waals surface area (Å²) in [6.45, 7) is 49.5. The molecule has 10 aliphatic heterocycles. The van der Waals surface area contributed by atoms with Crippen LogP contribution in [0.5, 0.6) is 0 Å². The summed E-state index contributed by atoms with van der Waals surface area (Å²) >= 11 is 0. The molecule has 4 heteroatoms. The second kappa shape index (κ2) is 21.5. The number of nitrogens with zero attached hydrogens (tertiary/aromatic N) is 4. The molecule has 10 aliphatic rings. The molecule has 8 bridgehead atoms. The fourth-order valence-corrected chi connectivity index (χ4v) is 18.5. The van der Waals surface area contributed by atoms with E-state index < -0.39 is 0 Å². The second-order valence-electron chi connectivity index (χ2n) is 28.1. The minimum Gasteiger partial charge on any atom is -0.367 e. The predicted octanol–water partition coefficient (Wildman–Crippen LogP) is 17.6. The van der Waals surface area contributed by atoms with Crippen molar-refractivity contribution in [1.82, 2.24) is 9.80 Å². The predicted molar refractivity (Wildman–Crippen MR) is 342 cm³/mol. The van der Waals surface area contributed by atoms with Crippen molar-refractivity contribution in [2.24, 2.45) is 11.3 Å². The van der Waals surface area contributed by atoms with E-state index in [2.05, 4.69) is 241 Å². The molecule has 424 valence electrons. The molecule has 0 saturated carbocycles. The molecule has 16 rings (SSSR count). The molecule has 6 aromatic rings. The number of fused-ring (bicyclic) bond motifs is 16. The van der Waals surface area contributed by atoms with Gasteiger partial charge in [0.2, 0.25) is 0 Å². The van der Waals surface area contributed by atoms with Crippen LogP contribution in [-0.2, 0) is 5.41 Å². The first kappa shape index (κ1) is 56.7. The highest BCUT2D eigenvalue weighted by atomic mass is 15.2. The van der Waals surface area contributed by atoms with Gasteiger partial charge in [0, 0.05) is 83.6 Å². The number of para-hydroxylation sites is 2. The zero-order valence-electron chi connectivity index (χ0n) is 52.9. The van der Waals surface area contributed by atoms with E-state index in [-0.39, 0.29) is 5.41 Å². The number of hydrogen-bond donors (Lipinski definition) is 0. The van der Waals surface area contributed by atoms with Crippen molar-refractivity contribution in [2.45, 2.75) is 209 Å². The van der Waals surface area contributed by atoms with Gasteiger partial charge in [-0.2, -0.15) is 0 Å². The van der Waals surface area contributed by atoms with Crippen molar-refractivity contribution in [3.05, 3.63) is 197 Å². The fourth-order valence-electron chi connectivity index (χ4n) is 18.5. The number of rotatable bonds is 4.